The van der Waals surface area contributed by atoms with E-state index in [0.717, 1.165) is 6.92 Å². The van der Waals surface area contributed by atoms with E-state index in [1.165, 1.54) is 0 Å². The molecule has 1 radical (unpaired) electrons. The SMILES string of the molecule is CC(Cl)(Cl)C(Cl)(Cl)C(Cl)(Cl)C(Cl)(Cl)C(Cl)(Cl)C(Cl)(Cl)C(Cl)(Cl)[C](Cl)Cl. The molecular formula is C9H3Cl16. The van der Waals surface area contributed by atoms with Crippen LogP contribution in [-0.4, -0.2) is 30.3 Å². The second kappa shape index (κ2) is 8.88. The Morgan fingerprint density at radius 2 is 0.680 bits per heavy atom. The standard InChI is InChI=1S/C9H3Cl16/c1-3(12,13)5(16,17)7(20,21)9(24,25)8(22,23)6(18,19)4(14,15)2(10)11/h1H3. The van der Waals surface area contributed by atoms with Crippen LogP contribution >= 0.6 is 186 Å². The summed E-state index contributed by atoms with van der Waals surface area (Å²) in [4.78, 5) is -0.757. The molecule has 25 heavy (non-hydrogen) atoms. The van der Waals surface area contributed by atoms with E-state index in [1.54, 1.807) is 0 Å². The molecule has 0 aliphatic heterocycles. The highest BCUT2D eigenvalue weighted by atomic mass is 35.6. The zero-order valence-corrected chi connectivity index (χ0v) is 23.1. The summed E-state index contributed by atoms with van der Waals surface area (Å²) in [6.07, 6.45) is 0. The minimum atomic E-state index is -2.83. The van der Waals surface area contributed by atoms with Crippen LogP contribution in [0.3, 0.4) is 0 Å². The number of hydrogen-bond acceptors (Lipinski definition) is 0. The van der Waals surface area contributed by atoms with Crippen molar-refractivity contribution in [1.29, 1.82) is 0 Å². The largest absolute Gasteiger partial charge is 0.189 e. The lowest BCUT2D eigenvalue weighted by Gasteiger charge is -2.53. The van der Waals surface area contributed by atoms with Crippen LogP contribution in [0.5, 0.6) is 0 Å². The Kier molecular flexibility index (Phi) is 10.5. The van der Waals surface area contributed by atoms with E-state index in [1.807, 2.05) is 0 Å². The summed E-state index contributed by atoms with van der Waals surface area (Å²) in [5.74, 6) is 0. The van der Waals surface area contributed by atoms with Gasteiger partial charge < -0.3 is 0 Å². The van der Waals surface area contributed by atoms with Crippen LogP contribution in [0.25, 0.3) is 0 Å². The molecule has 0 atom stereocenters. The Balaban J connectivity index is 6.50. The summed E-state index contributed by atoms with van der Waals surface area (Å²) in [7, 11) is 0. The fourth-order valence-electron chi connectivity index (χ4n) is 1.18. The van der Waals surface area contributed by atoms with Crippen molar-refractivity contribution in [3.05, 3.63) is 4.84 Å². The Hall–Kier alpha value is 4.64. The van der Waals surface area contributed by atoms with E-state index in [4.69, 9.17) is 186 Å². The van der Waals surface area contributed by atoms with Crippen molar-refractivity contribution < 1.29 is 0 Å². The highest BCUT2D eigenvalue weighted by Gasteiger charge is 2.79. The molecule has 0 aromatic rings. The van der Waals surface area contributed by atoms with Crippen molar-refractivity contribution in [3.63, 3.8) is 0 Å². The second-order valence-electron chi connectivity index (χ2n) is 4.60. The maximum atomic E-state index is 6.18. The number of halogens is 16. The lowest BCUT2D eigenvalue weighted by atomic mass is 10.0. The summed E-state index contributed by atoms with van der Waals surface area (Å²) in [5, 5.41) is 0. The van der Waals surface area contributed by atoms with E-state index < -0.39 is 35.2 Å². The monoisotopic (exact) mass is 671 g/mol. The van der Waals surface area contributed by atoms with Crippen LogP contribution in [0.2, 0.25) is 0 Å². The molecule has 0 unspecified atom stereocenters. The van der Waals surface area contributed by atoms with Crippen LogP contribution in [0, 0.1) is 4.84 Å². The van der Waals surface area contributed by atoms with Gasteiger partial charge in [-0.3, -0.25) is 0 Å². The quantitative estimate of drug-likeness (QED) is 0.235. The lowest BCUT2D eigenvalue weighted by molar-refractivity contribution is 0.469. The molecule has 0 aromatic carbocycles. The number of alkyl halides is 14. The first-order valence-electron chi connectivity index (χ1n) is 5.27. The van der Waals surface area contributed by atoms with Crippen molar-refractivity contribution in [3.8, 4) is 0 Å². The summed E-state index contributed by atoms with van der Waals surface area (Å²) >= 11 is 96.0. The van der Waals surface area contributed by atoms with Crippen LogP contribution in [-0.2, 0) is 0 Å². The lowest BCUT2D eigenvalue weighted by Crippen LogP contribution is -2.68. The van der Waals surface area contributed by atoms with Crippen molar-refractivity contribution in [2.24, 2.45) is 0 Å². The molecule has 16 heteroatoms. The summed E-state index contributed by atoms with van der Waals surface area (Å²) in [6.45, 7) is 1.13. The maximum Gasteiger partial charge on any atom is 0.189 e. The zero-order valence-electron chi connectivity index (χ0n) is 11.0. The van der Waals surface area contributed by atoms with Gasteiger partial charge in [-0.25, -0.2) is 0 Å². The van der Waals surface area contributed by atoms with Crippen molar-refractivity contribution >= 4 is 186 Å². The maximum absolute atomic E-state index is 6.18. The smallest absolute Gasteiger partial charge is 0.0985 e. The van der Waals surface area contributed by atoms with Crippen LogP contribution in [0.4, 0.5) is 0 Å². The zero-order chi connectivity index (χ0) is 21.1. The number of rotatable bonds is 7. The van der Waals surface area contributed by atoms with Gasteiger partial charge in [-0.1, -0.05) is 186 Å². The highest BCUT2D eigenvalue weighted by molar-refractivity contribution is 6.80. The molecule has 0 fully saturated rings. The third kappa shape index (κ3) is 4.86. The Bertz CT molecular complexity index is 482. The third-order valence-corrected chi connectivity index (χ3v) is 13.4. The molecule has 0 heterocycles. The van der Waals surface area contributed by atoms with E-state index >= 15 is 0 Å². The summed E-state index contributed by atoms with van der Waals surface area (Å²) in [5.41, 5.74) is 0. The molecule has 0 N–H and O–H groups in total. The minimum absolute atomic E-state index is 0.757. The first-order chi connectivity index (χ1) is 10.4. The first kappa shape index (κ1) is 29.6. The van der Waals surface area contributed by atoms with Crippen LogP contribution < -0.4 is 0 Å². The van der Waals surface area contributed by atoms with E-state index in [2.05, 4.69) is 0 Å². The van der Waals surface area contributed by atoms with Gasteiger partial charge in [-0.05, 0) is 6.92 Å². The molecule has 0 aliphatic rings. The molecule has 0 bridgehead atoms. The minimum Gasteiger partial charge on any atom is -0.0985 e. The van der Waals surface area contributed by atoms with E-state index in [-0.39, 0.29) is 0 Å². The average molecular weight is 678 g/mol. The normalized spacial score (nSPS) is 16.6. The van der Waals surface area contributed by atoms with Gasteiger partial charge in [0.25, 0.3) is 0 Å². The fraction of sp³-hybridized carbons (Fsp3) is 0.889. The van der Waals surface area contributed by atoms with Gasteiger partial charge in [0.15, 0.2) is 35.2 Å². The second-order valence-corrected chi connectivity index (χ2v) is 15.2. The van der Waals surface area contributed by atoms with E-state index in [9.17, 15) is 0 Å². The van der Waals surface area contributed by atoms with Crippen molar-refractivity contribution in [1.82, 2.24) is 0 Å². The number of hydrogen-bond donors (Lipinski definition) is 0. The Labute approximate surface area is 225 Å². The molecule has 0 saturated heterocycles. The Morgan fingerprint density at radius 3 is 0.920 bits per heavy atom. The molecule has 0 spiro atoms. The predicted molar refractivity (Wildman–Crippen MR) is 122 cm³/mol. The van der Waals surface area contributed by atoms with Gasteiger partial charge in [0, 0.05) is 0 Å². The average Bonchev–Trinajstić information content (AvgIpc) is 2.35. The Morgan fingerprint density at radius 1 is 0.440 bits per heavy atom. The molecule has 151 valence electrons. The van der Waals surface area contributed by atoms with Gasteiger partial charge in [0.05, 0.1) is 0 Å². The highest BCUT2D eigenvalue weighted by Crippen LogP contribution is 2.71. The van der Waals surface area contributed by atoms with Crippen molar-refractivity contribution in [2.75, 3.05) is 0 Å². The van der Waals surface area contributed by atoms with Gasteiger partial charge in [-0.15, -0.1) is 0 Å². The molecular weight excluding hydrogens is 675 g/mol. The van der Waals surface area contributed by atoms with Crippen molar-refractivity contribution in [2.45, 2.75) is 37.3 Å². The van der Waals surface area contributed by atoms with Crippen LogP contribution in [0.1, 0.15) is 6.92 Å². The molecule has 0 rings (SSSR count). The third-order valence-electron chi connectivity index (χ3n) is 2.76. The topological polar surface area (TPSA) is 0 Å². The molecule has 0 amide bonds. The van der Waals surface area contributed by atoms with Gasteiger partial charge >= 0.3 is 0 Å². The summed E-state index contributed by atoms with van der Waals surface area (Å²) < 4.78 is -18.2. The van der Waals surface area contributed by atoms with Gasteiger partial charge in [0.2, 0.25) is 0 Å². The van der Waals surface area contributed by atoms with Crippen LogP contribution in [0.15, 0.2) is 0 Å². The fourth-order valence-corrected chi connectivity index (χ4v) is 5.75. The van der Waals surface area contributed by atoms with Gasteiger partial charge in [-0.2, -0.15) is 0 Å². The van der Waals surface area contributed by atoms with Gasteiger partial charge in [0.1, 0.15) is 0 Å². The van der Waals surface area contributed by atoms with E-state index in [0.29, 0.717) is 0 Å². The summed E-state index contributed by atoms with van der Waals surface area (Å²) in [6, 6.07) is 0. The first-order valence-corrected chi connectivity index (χ1v) is 11.3. The molecule has 0 aromatic heterocycles. The molecule has 0 saturated carbocycles. The predicted octanol–water partition coefficient (Wildman–Crippen LogP) is 10.2. The molecule has 0 nitrogen and oxygen atoms in total. The molecule has 0 aliphatic carbocycles.